The Morgan fingerprint density at radius 3 is 2.77 bits per heavy atom. The summed E-state index contributed by atoms with van der Waals surface area (Å²) < 4.78 is 5.09. The Kier molecular flexibility index (Phi) is 5.47. The van der Waals surface area contributed by atoms with Gasteiger partial charge in [0.25, 0.3) is 5.91 Å². The van der Waals surface area contributed by atoms with Crippen LogP contribution in [0.4, 0.5) is 5.69 Å². The SMILES string of the molecule is COCCCNC(=O)c1cccc2c1NC(c1cccc3ccccc13)C1CC=CC21. The van der Waals surface area contributed by atoms with Crippen molar-refractivity contribution >= 4 is 22.4 Å². The molecule has 0 radical (unpaired) electrons. The average molecular weight is 413 g/mol. The quantitative estimate of drug-likeness (QED) is 0.419. The van der Waals surface area contributed by atoms with Crippen LogP contribution in [-0.4, -0.2) is 26.2 Å². The Morgan fingerprint density at radius 2 is 1.87 bits per heavy atom. The average Bonchev–Trinajstić information content (AvgIpc) is 3.31. The molecule has 0 aromatic heterocycles. The zero-order chi connectivity index (χ0) is 21.2. The van der Waals surface area contributed by atoms with Crippen molar-refractivity contribution in [3.63, 3.8) is 0 Å². The fourth-order valence-electron chi connectivity index (χ4n) is 5.15. The van der Waals surface area contributed by atoms with E-state index in [0.717, 1.165) is 24.1 Å². The van der Waals surface area contributed by atoms with E-state index in [1.807, 2.05) is 12.1 Å². The third-order valence-electron chi connectivity index (χ3n) is 6.61. The van der Waals surface area contributed by atoms with Gasteiger partial charge in [-0.1, -0.05) is 66.7 Å². The highest BCUT2D eigenvalue weighted by atomic mass is 16.5. The molecule has 0 spiro atoms. The normalized spacial score (nSPS) is 21.4. The number of rotatable bonds is 6. The standard InChI is InChI=1S/C27H28N2O2/c1-31-17-7-16-28-27(30)24-15-6-14-23-20-11-5-13-22(20)25(29-26(23)24)21-12-4-9-18-8-2-3-10-19(18)21/h2-6,8-12,14-15,20,22,25,29H,7,13,16-17H2,1H3,(H,28,30). The molecular formula is C27H28N2O2. The van der Waals surface area contributed by atoms with E-state index in [1.165, 1.54) is 21.9 Å². The molecule has 5 rings (SSSR count). The molecule has 0 bridgehead atoms. The molecule has 3 unspecified atom stereocenters. The molecule has 0 saturated heterocycles. The van der Waals surface area contributed by atoms with Crippen molar-refractivity contribution in [1.29, 1.82) is 0 Å². The monoisotopic (exact) mass is 412 g/mol. The Labute approximate surface area is 183 Å². The van der Waals surface area contributed by atoms with E-state index in [4.69, 9.17) is 4.74 Å². The first kappa shape index (κ1) is 19.8. The summed E-state index contributed by atoms with van der Waals surface area (Å²) in [6, 6.07) is 21.3. The van der Waals surface area contributed by atoms with Crippen molar-refractivity contribution in [2.45, 2.75) is 24.8 Å². The minimum Gasteiger partial charge on any atom is -0.385 e. The first-order valence-electron chi connectivity index (χ1n) is 11.1. The molecule has 0 fully saturated rings. The maximum absolute atomic E-state index is 13.0. The predicted molar refractivity (Wildman–Crippen MR) is 126 cm³/mol. The summed E-state index contributed by atoms with van der Waals surface area (Å²) in [6.45, 7) is 1.25. The molecule has 1 amide bonds. The number of hydrogen-bond donors (Lipinski definition) is 2. The number of anilines is 1. The van der Waals surface area contributed by atoms with Crippen LogP contribution in [0.1, 0.15) is 46.3 Å². The molecule has 1 aliphatic heterocycles. The maximum Gasteiger partial charge on any atom is 0.253 e. The van der Waals surface area contributed by atoms with E-state index in [-0.39, 0.29) is 11.9 Å². The third kappa shape index (κ3) is 3.61. The molecule has 158 valence electrons. The minimum absolute atomic E-state index is 0.0300. The summed E-state index contributed by atoms with van der Waals surface area (Å²) in [4.78, 5) is 13.0. The number of hydrogen-bond acceptors (Lipinski definition) is 3. The van der Waals surface area contributed by atoms with E-state index in [2.05, 4.69) is 71.3 Å². The zero-order valence-corrected chi connectivity index (χ0v) is 17.8. The molecule has 3 atom stereocenters. The number of methoxy groups -OCH3 is 1. The highest BCUT2D eigenvalue weighted by Crippen LogP contribution is 2.51. The largest absolute Gasteiger partial charge is 0.385 e. The van der Waals surface area contributed by atoms with Gasteiger partial charge in [-0.15, -0.1) is 0 Å². The van der Waals surface area contributed by atoms with Gasteiger partial charge in [0.1, 0.15) is 0 Å². The fraction of sp³-hybridized carbons (Fsp3) is 0.296. The van der Waals surface area contributed by atoms with Crippen LogP contribution in [-0.2, 0) is 4.74 Å². The highest BCUT2D eigenvalue weighted by Gasteiger charge is 2.39. The first-order valence-corrected chi connectivity index (χ1v) is 11.1. The molecule has 1 heterocycles. The van der Waals surface area contributed by atoms with Gasteiger partial charge in [0.2, 0.25) is 0 Å². The van der Waals surface area contributed by atoms with Crippen LogP contribution in [0.3, 0.4) is 0 Å². The van der Waals surface area contributed by atoms with Gasteiger partial charge in [0, 0.05) is 26.2 Å². The number of para-hydroxylation sites is 1. The second-order valence-corrected chi connectivity index (χ2v) is 8.42. The van der Waals surface area contributed by atoms with Crippen LogP contribution < -0.4 is 10.6 Å². The van der Waals surface area contributed by atoms with Crippen LogP contribution in [0.5, 0.6) is 0 Å². The zero-order valence-electron chi connectivity index (χ0n) is 17.8. The van der Waals surface area contributed by atoms with Crippen molar-refractivity contribution in [2.24, 2.45) is 5.92 Å². The number of amides is 1. The van der Waals surface area contributed by atoms with Crippen molar-refractivity contribution in [3.05, 3.63) is 89.5 Å². The molecule has 2 N–H and O–H groups in total. The number of fused-ring (bicyclic) bond motifs is 4. The second kappa shape index (κ2) is 8.56. The molecule has 0 saturated carbocycles. The van der Waals surface area contributed by atoms with Crippen molar-refractivity contribution in [3.8, 4) is 0 Å². The Bertz CT molecular complexity index is 1130. The van der Waals surface area contributed by atoms with Crippen LogP contribution in [0, 0.1) is 5.92 Å². The summed E-state index contributed by atoms with van der Waals surface area (Å²) in [6.07, 6.45) is 6.46. The van der Waals surface area contributed by atoms with Gasteiger partial charge < -0.3 is 15.4 Å². The lowest BCUT2D eigenvalue weighted by molar-refractivity contribution is 0.0949. The molecule has 31 heavy (non-hydrogen) atoms. The van der Waals surface area contributed by atoms with E-state index >= 15 is 0 Å². The summed E-state index contributed by atoms with van der Waals surface area (Å²) in [5.41, 5.74) is 4.22. The van der Waals surface area contributed by atoms with E-state index in [0.29, 0.717) is 25.0 Å². The highest BCUT2D eigenvalue weighted by molar-refractivity contribution is 6.01. The molecule has 4 heteroatoms. The van der Waals surface area contributed by atoms with E-state index < -0.39 is 0 Å². The number of benzene rings is 3. The fourth-order valence-corrected chi connectivity index (χ4v) is 5.15. The van der Waals surface area contributed by atoms with Crippen molar-refractivity contribution in [1.82, 2.24) is 5.32 Å². The van der Waals surface area contributed by atoms with Crippen LogP contribution in [0.15, 0.2) is 72.8 Å². The Hall–Kier alpha value is -3.11. The summed E-state index contributed by atoms with van der Waals surface area (Å²) in [5, 5.41) is 9.38. The molecule has 1 aliphatic carbocycles. The number of allylic oxidation sites excluding steroid dienone is 2. The van der Waals surface area contributed by atoms with Crippen LogP contribution >= 0.6 is 0 Å². The Balaban J connectivity index is 1.53. The van der Waals surface area contributed by atoms with E-state index in [9.17, 15) is 4.79 Å². The summed E-state index contributed by atoms with van der Waals surface area (Å²) in [7, 11) is 1.68. The lowest BCUT2D eigenvalue weighted by Gasteiger charge is -2.38. The van der Waals surface area contributed by atoms with Crippen LogP contribution in [0.2, 0.25) is 0 Å². The topological polar surface area (TPSA) is 50.4 Å². The summed E-state index contributed by atoms with van der Waals surface area (Å²) in [5.74, 6) is 0.734. The van der Waals surface area contributed by atoms with Gasteiger partial charge in [-0.25, -0.2) is 0 Å². The molecule has 2 aliphatic rings. The Morgan fingerprint density at radius 1 is 1.06 bits per heavy atom. The van der Waals surface area contributed by atoms with Gasteiger partial charge in [0.15, 0.2) is 0 Å². The molecule has 3 aromatic carbocycles. The van der Waals surface area contributed by atoms with Gasteiger partial charge in [-0.05, 0) is 46.7 Å². The van der Waals surface area contributed by atoms with Crippen LogP contribution in [0.25, 0.3) is 10.8 Å². The van der Waals surface area contributed by atoms with Gasteiger partial charge in [-0.2, -0.15) is 0 Å². The van der Waals surface area contributed by atoms with Gasteiger partial charge in [-0.3, -0.25) is 4.79 Å². The molecule has 4 nitrogen and oxygen atoms in total. The molecular weight excluding hydrogens is 384 g/mol. The van der Waals surface area contributed by atoms with Crippen molar-refractivity contribution < 1.29 is 9.53 Å². The number of carbonyl (C=O) groups excluding carboxylic acids is 1. The minimum atomic E-state index is -0.0300. The predicted octanol–water partition coefficient (Wildman–Crippen LogP) is 5.43. The van der Waals surface area contributed by atoms with Crippen molar-refractivity contribution in [2.75, 3.05) is 25.6 Å². The van der Waals surface area contributed by atoms with Gasteiger partial charge in [0.05, 0.1) is 17.3 Å². The lowest BCUT2D eigenvalue weighted by Crippen LogP contribution is -2.32. The third-order valence-corrected chi connectivity index (χ3v) is 6.61. The number of carbonyl (C=O) groups is 1. The first-order chi connectivity index (χ1) is 15.3. The lowest BCUT2D eigenvalue weighted by atomic mass is 9.75. The maximum atomic E-state index is 13.0. The smallest absolute Gasteiger partial charge is 0.253 e. The molecule has 3 aromatic rings. The van der Waals surface area contributed by atoms with E-state index in [1.54, 1.807) is 7.11 Å². The number of ether oxygens (including phenoxy) is 1. The van der Waals surface area contributed by atoms with Gasteiger partial charge >= 0.3 is 0 Å². The number of nitrogens with one attached hydrogen (secondary N) is 2. The second-order valence-electron chi connectivity index (χ2n) is 8.42. The summed E-state index contributed by atoms with van der Waals surface area (Å²) >= 11 is 0.